The van der Waals surface area contributed by atoms with Gasteiger partial charge in [-0.15, -0.1) is 0 Å². The van der Waals surface area contributed by atoms with Gasteiger partial charge in [0.1, 0.15) is 11.8 Å². The molecule has 1 atom stereocenters. The van der Waals surface area contributed by atoms with Crippen molar-refractivity contribution in [2.75, 3.05) is 13.3 Å². The lowest BCUT2D eigenvalue weighted by Gasteiger charge is -2.30. The number of carbonyl (C=O) groups is 1. The highest BCUT2D eigenvalue weighted by atomic mass is 32.2. The van der Waals surface area contributed by atoms with Crippen molar-refractivity contribution in [3.05, 3.63) is 35.4 Å². The molecule has 0 saturated carbocycles. The third-order valence-electron chi connectivity index (χ3n) is 3.07. The molecule has 0 amide bonds. The van der Waals surface area contributed by atoms with E-state index in [1.807, 2.05) is 37.3 Å². The molecule has 1 aromatic rings. The van der Waals surface area contributed by atoms with Crippen molar-refractivity contribution in [1.29, 1.82) is 0 Å². The summed E-state index contributed by atoms with van der Waals surface area (Å²) in [4.78, 5) is 18.4. The Morgan fingerprint density at radius 1 is 1.56 bits per heavy atom. The lowest BCUT2D eigenvalue weighted by molar-refractivity contribution is -0.114. The van der Waals surface area contributed by atoms with Crippen LogP contribution in [-0.2, 0) is 4.79 Å². The van der Waals surface area contributed by atoms with E-state index >= 15 is 0 Å². The number of hydrogen-bond acceptors (Lipinski definition) is 5. The van der Waals surface area contributed by atoms with Crippen LogP contribution < -0.4 is 0 Å². The molecule has 96 valence electrons. The van der Waals surface area contributed by atoms with Gasteiger partial charge in [-0.05, 0) is 32.2 Å². The zero-order valence-corrected chi connectivity index (χ0v) is 11.7. The van der Waals surface area contributed by atoms with E-state index in [0.717, 1.165) is 10.9 Å². The largest absolute Gasteiger partial charge is 0.467 e. The van der Waals surface area contributed by atoms with Gasteiger partial charge in [0.25, 0.3) is 0 Å². The lowest BCUT2D eigenvalue weighted by atomic mass is 9.98. The van der Waals surface area contributed by atoms with Crippen molar-refractivity contribution < 1.29 is 9.21 Å². The maximum absolute atomic E-state index is 11.9. The predicted octanol–water partition coefficient (Wildman–Crippen LogP) is 2.85. The molecule has 2 rings (SSSR count). The molecule has 0 unspecified atom stereocenters. The van der Waals surface area contributed by atoms with Crippen molar-refractivity contribution in [3.8, 4) is 0 Å². The quantitative estimate of drug-likeness (QED) is 0.824. The third kappa shape index (κ3) is 2.10. The van der Waals surface area contributed by atoms with E-state index in [0.29, 0.717) is 11.3 Å². The molecule has 18 heavy (non-hydrogen) atoms. The van der Waals surface area contributed by atoms with Gasteiger partial charge >= 0.3 is 0 Å². The number of amidine groups is 1. The first-order valence-corrected chi connectivity index (χ1v) is 6.89. The van der Waals surface area contributed by atoms with Gasteiger partial charge in [0, 0.05) is 18.3 Å². The van der Waals surface area contributed by atoms with E-state index < -0.39 is 0 Å². The molecule has 1 aliphatic rings. The Morgan fingerprint density at radius 2 is 2.28 bits per heavy atom. The Hall–Kier alpha value is -1.49. The van der Waals surface area contributed by atoms with Crippen molar-refractivity contribution in [1.82, 2.24) is 4.90 Å². The number of carbonyl (C=O) groups excluding carboxylic acids is 1. The van der Waals surface area contributed by atoms with Crippen molar-refractivity contribution in [2.45, 2.75) is 19.9 Å². The van der Waals surface area contributed by atoms with Gasteiger partial charge in [-0.2, -0.15) is 0 Å². The molecule has 0 aromatic carbocycles. The summed E-state index contributed by atoms with van der Waals surface area (Å²) in [5.41, 5.74) is 1.63. The molecular formula is C13H16N2O2S. The molecule has 1 aliphatic heterocycles. The number of aliphatic imine (C=N–C) groups is 1. The maximum Gasteiger partial charge on any atom is 0.163 e. The standard InChI is InChI=1S/C13H16N2O2S/c1-8-11(9(2)16)12(10-6-5-7-17-10)14-13(18-4)15(8)3/h5-7,12H,1-4H3/t12-/m0/s1. The third-order valence-corrected chi connectivity index (χ3v) is 3.81. The average molecular weight is 264 g/mol. The van der Waals surface area contributed by atoms with Gasteiger partial charge in [-0.25, -0.2) is 4.99 Å². The van der Waals surface area contributed by atoms with E-state index in [9.17, 15) is 4.79 Å². The second-order valence-corrected chi connectivity index (χ2v) is 4.92. The van der Waals surface area contributed by atoms with Crippen LogP contribution in [-0.4, -0.2) is 29.2 Å². The van der Waals surface area contributed by atoms with Gasteiger partial charge < -0.3 is 9.32 Å². The molecule has 0 aliphatic carbocycles. The summed E-state index contributed by atoms with van der Waals surface area (Å²) in [6.45, 7) is 3.51. The Kier molecular flexibility index (Phi) is 3.61. The number of furan rings is 1. The first-order chi connectivity index (χ1) is 8.56. The molecule has 4 nitrogen and oxygen atoms in total. The minimum atomic E-state index is -0.323. The van der Waals surface area contributed by atoms with Gasteiger partial charge in [0.2, 0.25) is 0 Å². The van der Waals surface area contributed by atoms with Crippen LogP contribution >= 0.6 is 11.8 Å². The zero-order chi connectivity index (χ0) is 13.3. The Balaban J connectivity index is 2.53. The van der Waals surface area contributed by atoms with Crippen LogP contribution in [0.3, 0.4) is 0 Å². The first-order valence-electron chi connectivity index (χ1n) is 5.67. The number of allylic oxidation sites excluding steroid dienone is 1. The summed E-state index contributed by atoms with van der Waals surface area (Å²) in [7, 11) is 1.92. The predicted molar refractivity (Wildman–Crippen MR) is 73.5 cm³/mol. The SMILES string of the molecule is CSC1=N[C@@H](c2ccco2)C(C(C)=O)=C(C)N1C. The fraction of sp³-hybridized carbons (Fsp3) is 0.385. The molecule has 0 N–H and O–H groups in total. The van der Waals surface area contributed by atoms with Crippen LogP contribution in [0.4, 0.5) is 0 Å². The van der Waals surface area contributed by atoms with Gasteiger partial charge in [-0.3, -0.25) is 4.79 Å². The molecule has 0 spiro atoms. The van der Waals surface area contributed by atoms with Crippen molar-refractivity contribution >= 4 is 22.7 Å². The fourth-order valence-electron chi connectivity index (χ4n) is 2.07. The molecule has 0 bridgehead atoms. The number of ketones is 1. The minimum Gasteiger partial charge on any atom is -0.467 e. The normalized spacial score (nSPS) is 20.1. The molecule has 0 saturated heterocycles. The van der Waals surface area contributed by atoms with E-state index in [4.69, 9.17) is 4.42 Å². The van der Waals surface area contributed by atoms with E-state index in [2.05, 4.69) is 4.99 Å². The van der Waals surface area contributed by atoms with Crippen LogP contribution in [0.15, 0.2) is 39.1 Å². The molecule has 0 fully saturated rings. The summed E-state index contributed by atoms with van der Waals surface area (Å²) < 4.78 is 5.41. The smallest absolute Gasteiger partial charge is 0.163 e. The van der Waals surface area contributed by atoms with Crippen molar-refractivity contribution in [3.63, 3.8) is 0 Å². The summed E-state index contributed by atoms with van der Waals surface area (Å²) in [6, 6.07) is 3.35. The second-order valence-electron chi connectivity index (χ2n) is 4.15. The maximum atomic E-state index is 11.9. The molecule has 2 heterocycles. The van der Waals surface area contributed by atoms with Crippen molar-refractivity contribution in [2.24, 2.45) is 4.99 Å². The number of Topliss-reactive ketones (excluding diaryl/α,β-unsaturated/α-hetero) is 1. The lowest BCUT2D eigenvalue weighted by Crippen LogP contribution is -2.30. The van der Waals surface area contributed by atoms with E-state index in [1.165, 1.54) is 0 Å². The minimum absolute atomic E-state index is 0.0321. The zero-order valence-electron chi connectivity index (χ0n) is 10.9. The average Bonchev–Trinajstić information content (AvgIpc) is 2.85. The van der Waals surface area contributed by atoms with Crippen LogP contribution in [0.1, 0.15) is 25.6 Å². The summed E-state index contributed by atoms with van der Waals surface area (Å²) >= 11 is 1.56. The molecule has 0 radical (unpaired) electrons. The summed E-state index contributed by atoms with van der Waals surface area (Å²) in [5.74, 6) is 0.740. The Morgan fingerprint density at radius 3 is 2.78 bits per heavy atom. The number of hydrogen-bond donors (Lipinski definition) is 0. The summed E-state index contributed by atoms with van der Waals surface area (Å²) in [5, 5.41) is 0.888. The van der Waals surface area contributed by atoms with Gasteiger partial charge in [0.15, 0.2) is 11.0 Å². The first kappa shape index (κ1) is 13.0. The number of nitrogens with zero attached hydrogens (tertiary/aromatic N) is 2. The van der Waals surface area contributed by atoms with Crippen LogP contribution in [0.2, 0.25) is 0 Å². The fourth-order valence-corrected chi connectivity index (χ4v) is 2.69. The van der Waals surface area contributed by atoms with Gasteiger partial charge in [0.05, 0.1) is 6.26 Å². The van der Waals surface area contributed by atoms with E-state index in [1.54, 1.807) is 24.9 Å². The van der Waals surface area contributed by atoms with E-state index in [-0.39, 0.29) is 11.8 Å². The summed E-state index contributed by atoms with van der Waals surface area (Å²) in [6.07, 6.45) is 3.58. The number of rotatable bonds is 2. The highest BCUT2D eigenvalue weighted by molar-refractivity contribution is 8.13. The molecule has 1 aromatic heterocycles. The van der Waals surface area contributed by atoms with Crippen LogP contribution in [0, 0.1) is 0 Å². The monoisotopic (exact) mass is 264 g/mol. The van der Waals surface area contributed by atoms with Crippen LogP contribution in [0.25, 0.3) is 0 Å². The highest BCUT2D eigenvalue weighted by Gasteiger charge is 2.31. The topological polar surface area (TPSA) is 45.8 Å². The Labute approximate surface area is 111 Å². The number of thioether (sulfide) groups is 1. The Bertz CT molecular complexity index is 517. The van der Waals surface area contributed by atoms with Gasteiger partial charge in [-0.1, -0.05) is 11.8 Å². The second kappa shape index (κ2) is 5.02. The van der Waals surface area contributed by atoms with Crippen LogP contribution in [0.5, 0.6) is 0 Å². The molecule has 5 heteroatoms. The molecular weight excluding hydrogens is 248 g/mol. The highest BCUT2D eigenvalue weighted by Crippen LogP contribution is 2.35.